The monoisotopic (exact) mass is 390 g/mol. The molecule has 29 heavy (non-hydrogen) atoms. The number of aliphatic imine (C=N–C) groups is 1. The summed E-state index contributed by atoms with van der Waals surface area (Å²) in [6.07, 6.45) is 0. The fraction of sp³-hybridized carbons (Fsp3) is 0.273. The van der Waals surface area contributed by atoms with Gasteiger partial charge in [0.2, 0.25) is 11.9 Å². The lowest BCUT2D eigenvalue weighted by Gasteiger charge is -2.31. The van der Waals surface area contributed by atoms with Crippen LogP contribution in [0.5, 0.6) is 0 Å². The molecule has 0 aliphatic carbocycles. The van der Waals surface area contributed by atoms with E-state index in [-0.39, 0.29) is 11.9 Å². The van der Waals surface area contributed by atoms with Gasteiger partial charge in [-0.2, -0.15) is 0 Å². The van der Waals surface area contributed by atoms with Crippen LogP contribution in [0.2, 0.25) is 0 Å². The molecule has 7 heteroatoms. The minimum absolute atomic E-state index is 0.269. The number of aryl methyl sites for hydroxylation is 1. The van der Waals surface area contributed by atoms with Gasteiger partial charge in [0.15, 0.2) is 0 Å². The zero-order valence-corrected chi connectivity index (χ0v) is 16.8. The number of rotatable bonds is 4. The largest absolute Gasteiger partial charge is 0.390 e. The number of urea groups is 1. The second kappa shape index (κ2) is 7.50. The quantitative estimate of drug-likeness (QED) is 0.812. The Morgan fingerprint density at radius 2 is 1.66 bits per heavy atom. The van der Waals surface area contributed by atoms with Crippen LogP contribution in [-0.2, 0) is 17.9 Å². The Morgan fingerprint density at radius 1 is 0.966 bits per heavy atom. The summed E-state index contributed by atoms with van der Waals surface area (Å²) >= 11 is 0. The molecule has 148 valence electrons. The van der Waals surface area contributed by atoms with Crippen molar-refractivity contribution in [1.29, 1.82) is 0 Å². The smallest absolute Gasteiger partial charge is 0.271 e. The summed E-state index contributed by atoms with van der Waals surface area (Å²) in [6, 6.07) is 17.2. The number of nitrogens with one attached hydrogen (secondary N) is 1. The average molecular weight is 390 g/mol. The van der Waals surface area contributed by atoms with E-state index >= 15 is 0 Å². The number of hydrogen-bond acceptors (Lipinski definition) is 4. The summed E-state index contributed by atoms with van der Waals surface area (Å²) in [4.78, 5) is 32.5. The van der Waals surface area contributed by atoms with Crippen molar-refractivity contribution in [2.45, 2.75) is 26.1 Å². The highest BCUT2D eigenvalue weighted by Gasteiger charge is 2.51. The van der Waals surface area contributed by atoms with E-state index in [1.54, 1.807) is 7.05 Å². The number of benzene rings is 2. The molecule has 0 saturated carbocycles. The van der Waals surface area contributed by atoms with E-state index in [2.05, 4.69) is 41.5 Å². The lowest BCUT2D eigenvalue weighted by atomic mass is 10.1. The molecule has 1 atom stereocenters. The minimum Gasteiger partial charge on any atom is -0.271 e. The van der Waals surface area contributed by atoms with Crippen molar-refractivity contribution in [2.24, 2.45) is 4.99 Å². The van der Waals surface area contributed by atoms with Gasteiger partial charge in [-0.1, -0.05) is 65.2 Å². The molecule has 1 unspecified atom stereocenters. The maximum atomic E-state index is 12.9. The van der Waals surface area contributed by atoms with Gasteiger partial charge < -0.3 is 0 Å². The number of amidine groups is 1. The SMILES string of the molecule is Cc1ccc(CNC2=[N+](Cc3ccccc3)C3C(=O)N(C)C(=O)N(C)C3=N2)cc1. The number of guanidine groups is 1. The number of nitrogens with zero attached hydrogens (tertiary/aromatic N) is 4. The molecule has 0 aromatic heterocycles. The number of imide groups is 1. The zero-order valence-electron chi connectivity index (χ0n) is 16.8. The molecule has 1 N–H and O–H groups in total. The van der Waals surface area contributed by atoms with Gasteiger partial charge >= 0.3 is 12.0 Å². The fourth-order valence-electron chi connectivity index (χ4n) is 3.57. The summed E-state index contributed by atoms with van der Waals surface area (Å²) < 4.78 is 1.93. The van der Waals surface area contributed by atoms with Crippen LogP contribution >= 0.6 is 0 Å². The predicted octanol–water partition coefficient (Wildman–Crippen LogP) is 1.96. The summed E-state index contributed by atoms with van der Waals surface area (Å²) in [7, 11) is 3.16. The van der Waals surface area contributed by atoms with Crippen LogP contribution in [-0.4, -0.2) is 58.2 Å². The van der Waals surface area contributed by atoms with E-state index in [0.29, 0.717) is 24.9 Å². The van der Waals surface area contributed by atoms with Crippen molar-refractivity contribution in [1.82, 2.24) is 15.1 Å². The number of carbonyl (C=O) groups excluding carboxylic acids is 2. The fourth-order valence-corrected chi connectivity index (χ4v) is 3.57. The molecule has 4 rings (SSSR count). The van der Waals surface area contributed by atoms with Gasteiger partial charge in [-0.3, -0.25) is 19.9 Å². The Hall–Kier alpha value is -3.48. The second-order valence-corrected chi connectivity index (χ2v) is 7.39. The molecule has 2 aliphatic rings. The highest BCUT2D eigenvalue weighted by Crippen LogP contribution is 2.20. The maximum absolute atomic E-state index is 12.9. The van der Waals surface area contributed by atoms with Crippen LogP contribution in [0.3, 0.4) is 0 Å². The molecule has 3 amide bonds. The molecule has 2 aliphatic heterocycles. The van der Waals surface area contributed by atoms with Crippen LogP contribution in [0.1, 0.15) is 16.7 Å². The van der Waals surface area contributed by atoms with Crippen molar-refractivity contribution in [2.75, 3.05) is 14.1 Å². The standard InChI is InChI=1S/C22H23N5O2/c1-15-9-11-16(12-10-15)13-23-21-24-19-18(20(28)26(3)22(29)25(19)2)27(21)14-17-7-5-4-6-8-17/h4-12,18H,13-14H2,1-3H3/p+1. The molecule has 0 radical (unpaired) electrons. The van der Waals surface area contributed by atoms with Crippen LogP contribution in [0, 0.1) is 6.92 Å². The highest BCUT2D eigenvalue weighted by atomic mass is 16.2. The number of fused-ring (bicyclic) bond motifs is 1. The predicted molar refractivity (Wildman–Crippen MR) is 111 cm³/mol. The first-order valence-electron chi connectivity index (χ1n) is 9.56. The molecule has 1 fully saturated rings. The summed E-state index contributed by atoms with van der Waals surface area (Å²) in [6.45, 7) is 3.14. The summed E-state index contributed by atoms with van der Waals surface area (Å²) in [5, 5.41) is 3.36. The lowest BCUT2D eigenvalue weighted by molar-refractivity contribution is -0.553. The number of hydrogen-bond donors (Lipinski definition) is 1. The first-order chi connectivity index (χ1) is 14.0. The first kappa shape index (κ1) is 18.9. The van der Waals surface area contributed by atoms with Crippen molar-refractivity contribution >= 4 is 23.7 Å². The second-order valence-electron chi connectivity index (χ2n) is 7.39. The van der Waals surface area contributed by atoms with E-state index < -0.39 is 6.04 Å². The highest BCUT2D eigenvalue weighted by molar-refractivity contribution is 6.22. The number of likely N-dealkylation sites (N-methyl/N-ethyl adjacent to an activating group) is 2. The lowest BCUT2D eigenvalue weighted by Crippen LogP contribution is -2.61. The summed E-state index contributed by atoms with van der Waals surface area (Å²) in [5.74, 6) is 0.785. The molecule has 2 heterocycles. The third kappa shape index (κ3) is 3.51. The molecule has 0 bridgehead atoms. The van der Waals surface area contributed by atoms with Gasteiger partial charge in [0.25, 0.3) is 5.91 Å². The van der Waals surface area contributed by atoms with Crippen LogP contribution in [0.15, 0.2) is 59.6 Å². The van der Waals surface area contributed by atoms with Crippen molar-refractivity contribution in [3.8, 4) is 0 Å². The Labute approximate surface area is 170 Å². The van der Waals surface area contributed by atoms with Crippen molar-refractivity contribution in [3.63, 3.8) is 0 Å². The van der Waals surface area contributed by atoms with Crippen molar-refractivity contribution < 1.29 is 14.2 Å². The van der Waals surface area contributed by atoms with E-state index in [1.807, 2.05) is 34.9 Å². The Kier molecular flexibility index (Phi) is 4.88. The normalized spacial score (nSPS) is 18.9. The number of amides is 3. The summed E-state index contributed by atoms with van der Waals surface area (Å²) in [5.41, 5.74) is 3.38. The van der Waals surface area contributed by atoms with Gasteiger partial charge in [-0.25, -0.2) is 9.37 Å². The minimum atomic E-state index is -0.622. The molecule has 2 aromatic rings. The van der Waals surface area contributed by atoms with Gasteiger partial charge in [-0.05, 0) is 18.1 Å². The zero-order chi connectivity index (χ0) is 20.5. The topological polar surface area (TPSA) is 68.0 Å². The molecule has 7 nitrogen and oxygen atoms in total. The first-order valence-corrected chi connectivity index (χ1v) is 9.56. The maximum Gasteiger partial charge on any atom is 0.390 e. The van der Waals surface area contributed by atoms with Gasteiger partial charge in [-0.15, -0.1) is 0 Å². The molecular formula is C22H24N5O2+. The number of carbonyl (C=O) groups is 2. The van der Waals surface area contributed by atoms with Gasteiger partial charge in [0.05, 0.1) is 13.1 Å². The van der Waals surface area contributed by atoms with E-state index in [9.17, 15) is 9.59 Å². The molecule has 0 spiro atoms. The van der Waals surface area contributed by atoms with Crippen LogP contribution in [0.4, 0.5) is 4.79 Å². The molecular weight excluding hydrogens is 366 g/mol. The Bertz CT molecular complexity index is 1010. The van der Waals surface area contributed by atoms with E-state index in [4.69, 9.17) is 0 Å². The average Bonchev–Trinajstić information content (AvgIpc) is 3.09. The van der Waals surface area contributed by atoms with Gasteiger partial charge in [0, 0.05) is 14.1 Å². The Balaban J connectivity index is 1.67. The van der Waals surface area contributed by atoms with E-state index in [0.717, 1.165) is 16.0 Å². The molecule has 1 saturated heterocycles. The van der Waals surface area contributed by atoms with Crippen LogP contribution in [0.25, 0.3) is 0 Å². The molecule has 2 aromatic carbocycles. The third-order valence-corrected chi connectivity index (χ3v) is 5.30. The van der Waals surface area contributed by atoms with Gasteiger partial charge in [0.1, 0.15) is 0 Å². The van der Waals surface area contributed by atoms with E-state index in [1.165, 1.54) is 17.5 Å². The van der Waals surface area contributed by atoms with Crippen LogP contribution < -0.4 is 5.32 Å². The van der Waals surface area contributed by atoms with Crippen molar-refractivity contribution in [3.05, 3.63) is 71.3 Å². The Morgan fingerprint density at radius 3 is 2.34 bits per heavy atom. The third-order valence-electron chi connectivity index (χ3n) is 5.30.